The summed E-state index contributed by atoms with van der Waals surface area (Å²) in [4.78, 5) is 11.5. The predicted octanol–water partition coefficient (Wildman–Crippen LogP) is 3.69. The standard InChI is InChI=1S/C23H31FO6/c1-13(15(3)25)10-12-18(26)21-19(29-23(4,5)30-21)8-6-7-16-17(24)11-9-14(2)20(16)22(27)28/h6-7,9-13,15,18-19,21,25-26H,8H2,1-5H3,(H,27,28)/b7-6+,12-10-/t13-,15+,18?,19-,21-/m1/s1. The summed E-state index contributed by atoms with van der Waals surface area (Å²) in [7, 11) is 0. The lowest BCUT2D eigenvalue weighted by Crippen LogP contribution is -2.34. The molecule has 1 fully saturated rings. The summed E-state index contributed by atoms with van der Waals surface area (Å²) >= 11 is 0. The number of aliphatic hydroxyl groups excluding tert-OH is 2. The van der Waals surface area contributed by atoms with Crippen LogP contribution in [0.2, 0.25) is 0 Å². The monoisotopic (exact) mass is 422 g/mol. The van der Waals surface area contributed by atoms with Crippen LogP contribution in [0.25, 0.3) is 6.08 Å². The lowest BCUT2D eigenvalue weighted by molar-refractivity contribution is -0.152. The first kappa shape index (κ1) is 24.2. The van der Waals surface area contributed by atoms with E-state index >= 15 is 0 Å². The minimum absolute atomic E-state index is 0.00317. The summed E-state index contributed by atoms with van der Waals surface area (Å²) in [6, 6.07) is 2.67. The highest BCUT2D eigenvalue weighted by Crippen LogP contribution is 2.33. The number of aliphatic hydroxyl groups is 2. The van der Waals surface area contributed by atoms with E-state index < -0.39 is 42.0 Å². The van der Waals surface area contributed by atoms with Crippen molar-refractivity contribution in [1.82, 2.24) is 0 Å². The van der Waals surface area contributed by atoms with E-state index in [1.165, 1.54) is 18.2 Å². The zero-order valence-electron chi connectivity index (χ0n) is 18.0. The second-order valence-corrected chi connectivity index (χ2v) is 8.21. The number of hydrogen-bond donors (Lipinski definition) is 3. The van der Waals surface area contributed by atoms with Crippen LogP contribution in [0, 0.1) is 18.7 Å². The van der Waals surface area contributed by atoms with Gasteiger partial charge in [0.2, 0.25) is 0 Å². The van der Waals surface area contributed by atoms with Gasteiger partial charge in [-0.3, -0.25) is 0 Å². The van der Waals surface area contributed by atoms with Gasteiger partial charge in [0.25, 0.3) is 0 Å². The third kappa shape index (κ3) is 5.98. The average molecular weight is 422 g/mol. The number of carboxylic acids is 1. The van der Waals surface area contributed by atoms with E-state index in [9.17, 15) is 24.5 Å². The molecule has 0 bridgehead atoms. The Hall–Kier alpha value is -2.06. The van der Waals surface area contributed by atoms with Gasteiger partial charge in [0.05, 0.1) is 17.8 Å². The number of rotatable bonds is 8. The highest BCUT2D eigenvalue weighted by molar-refractivity contribution is 5.93. The maximum absolute atomic E-state index is 14.2. The van der Waals surface area contributed by atoms with Gasteiger partial charge < -0.3 is 24.8 Å². The molecule has 5 atom stereocenters. The number of benzene rings is 1. The highest BCUT2D eigenvalue weighted by Gasteiger charge is 2.43. The Balaban J connectivity index is 2.18. The van der Waals surface area contributed by atoms with E-state index in [4.69, 9.17) is 9.47 Å². The fourth-order valence-corrected chi connectivity index (χ4v) is 3.36. The molecule has 1 unspecified atom stereocenters. The lowest BCUT2D eigenvalue weighted by Gasteiger charge is -2.20. The molecule has 0 amide bonds. The highest BCUT2D eigenvalue weighted by atomic mass is 19.1. The van der Waals surface area contributed by atoms with Crippen LogP contribution in [0.4, 0.5) is 4.39 Å². The third-order valence-corrected chi connectivity index (χ3v) is 5.20. The van der Waals surface area contributed by atoms with Gasteiger partial charge in [-0.1, -0.05) is 37.3 Å². The predicted molar refractivity (Wildman–Crippen MR) is 112 cm³/mol. The van der Waals surface area contributed by atoms with E-state index in [1.54, 1.807) is 45.9 Å². The number of carboxylic acid groups (broad SMARTS) is 1. The number of halogens is 1. The topological polar surface area (TPSA) is 96.2 Å². The molecule has 1 aliphatic heterocycles. The molecule has 1 heterocycles. The largest absolute Gasteiger partial charge is 0.478 e. The molecule has 0 radical (unpaired) electrons. The van der Waals surface area contributed by atoms with Crippen LogP contribution in [-0.4, -0.2) is 51.5 Å². The van der Waals surface area contributed by atoms with Crippen LogP contribution in [-0.2, 0) is 9.47 Å². The summed E-state index contributed by atoms with van der Waals surface area (Å²) < 4.78 is 25.9. The normalized spacial score (nSPS) is 24.4. The summed E-state index contributed by atoms with van der Waals surface area (Å²) in [5.74, 6) is -2.86. The fourth-order valence-electron chi connectivity index (χ4n) is 3.36. The van der Waals surface area contributed by atoms with Gasteiger partial charge >= 0.3 is 5.97 Å². The van der Waals surface area contributed by atoms with Crippen LogP contribution < -0.4 is 0 Å². The first-order valence-electron chi connectivity index (χ1n) is 10.0. The Morgan fingerprint density at radius 1 is 1.23 bits per heavy atom. The van der Waals surface area contributed by atoms with Gasteiger partial charge in [-0.2, -0.15) is 0 Å². The van der Waals surface area contributed by atoms with E-state index in [-0.39, 0.29) is 23.5 Å². The molecule has 6 nitrogen and oxygen atoms in total. The molecular formula is C23H31FO6. The molecule has 1 aromatic rings. The molecule has 7 heteroatoms. The van der Waals surface area contributed by atoms with E-state index in [0.29, 0.717) is 5.56 Å². The first-order chi connectivity index (χ1) is 13.9. The first-order valence-corrected chi connectivity index (χ1v) is 10.0. The van der Waals surface area contributed by atoms with Crippen LogP contribution >= 0.6 is 0 Å². The van der Waals surface area contributed by atoms with Crippen molar-refractivity contribution in [2.75, 3.05) is 0 Å². The zero-order valence-corrected chi connectivity index (χ0v) is 18.0. The minimum Gasteiger partial charge on any atom is -0.478 e. The molecule has 30 heavy (non-hydrogen) atoms. The molecule has 0 aliphatic carbocycles. The molecule has 1 saturated heterocycles. The molecule has 0 spiro atoms. The van der Waals surface area contributed by atoms with Gasteiger partial charge in [0, 0.05) is 5.56 Å². The van der Waals surface area contributed by atoms with Crippen molar-refractivity contribution in [3.05, 3.63) is 52.9 Å². The summed E-state index contributed by atoms with van der Waals surface area (Å²) in [5.41, 5.74) is 0.390. The van der Waals surface area contributed by atoms with Gasteiger partial charge in [0.1, 0.15) is 18.0 Å². The van der Waals surface area contributed by atoms with Crippen molar-refractivity contribution >= 4 is 12.0 Å². The van der Waals surface area contributed by atoms with Crippen LogP contribution in [0.1, 0.15) is 55.6 Å². The Morgan fingerprint density at radius 3 is 2.50 bits per heavy atom. The van der Waals surface area contributed by atoms with Gasteiger partial charge in [-0.25, -0.2) is 9.18 Å². The second-order valence-electron chi connectivity index (χ2n) is 8.21. The van der Waals surface area contributed by atoms with Crippen LogP contribution in [0.3, 0.4) is 0 Å². The van der Waals surface area contributed by atoms with Crippen LogP contribution in [0.5, 0.6) is 0 Å². The molecule has 1 aliphatic rings. The van der Waals surface area contributed by atoms with E-state index in [2.05, 4.69) is 0 Å². The van der Waals surface area contributed by atoms with Crippen molar-refractivity contribution in [1.29, 1.82) is 0 Å². The summed E-state index contributed by atoms with van der Waals surface area (Å²) in [5, 5.41) is 29.6. The smallest absolute Gasteiger partial charge is 0.336 e. The Bertz CT molecular complexity index is 814. The van der Waals surface area contributed by atoms with Gasteiger partial charge in [0.15, 0.2) is 5.79 Å². The molecule has 2 rings (SSSR count). The minimum atomic E-state index is -1.20. The van der Waals surface area contributed by atoms with Gasteiger partial charge in [-0.05, 0) is 51.7 Å². The SMILES string of the molecule is Cc1ccc(F)c(/C=C/C[C@H]2OC(C)(C)O[C@@H]2C(O)/C=C\[C@@H](C)[C@H](C)O)c1C(=O)O. The number of carbonyl (C=O) groups is 1. The Kier molecular flexibility index (Phi) is 7.93. The molecule has 3 N–H and O–H groups in total. The second kappa shape index (κ2) is 9.83. The summed E-state index contributed by atoms with van der Waals surface area (Å²) in [6.45, 7) is 8.59. The van der Waals surface area contributed by atoms with Crippen molar-refractivity contribution in [3.8, 4) is 0 Å². The maximum Gasteiger partial charge on any atom is 0.336 e. The molecule has 1 aromatic carbocycles. The van der Waals surface area contributed by atoms with Crippen LogP contribution in [0.15, 0.2) is 30.4 Å². The number of ether oxygens (including phenoxy) is 2. The molecular weight excluding hydrogens is 391 g/mol. The average Bonchev–Trinajstić information content (AvgIpc) is 2.96. The zero-order chi connectivity index (χ0) is 22.6. The van der Waals surface area contributed by atoms with E-state index in [0.717, 1.165) is 0 Å². The van der Waals surface area contributed by atoms with Crippen molar-refractivity contribution < 1.29 is 34.0 Å². The number of aryl methyl sites for hydroxylation is 1. The molecule has 0 aromatic heterocycles. The van der Waals surface area contributed by atoms with Crippen molar-refractivity contribution in [3.63, 3.8) is 0 Å². The van der Waals surface area contributed by atoms with Crippen molar-refractivity contribution in [2.24, 2.45) is 5.92 Å². The van der Waals surface area contributed by atoms with Crippen molar-refractivity contribution in [2.45, 2.75) is 71.2 Å². The third-order valence-electron chi connectivity index (χ3n) is 5.20. The maximum atomic E-state index is 14.2. The quantitative estimate of drug-likeness (QED) is 0.553. The fraction of sp³-hybridized carbons (Fsp3) is 0.522. The Morgan fingerprint density at radius 2 is 1.90 bits per heavy atom. The number of aromatic carboxylic acids is 1. The summed E-state index contributed by atoms with van der Waals surface area (Å²) in [6.07, 6.45) is 3.95. The van der Waals surface area contributed by atoms with E-state index in [1.807, 2.05) is 6.92 Å². The molecule has 0 saturated carbocycles. The lowest BCUT2D eigenvalue weighted by atomic mass is 9.99. The molecule has 166 valence electrons. The number of hydrogen-bond acceptors (Lipinski definition) is 5. The van der Waals surface area contributed by atoms with Gasteiger partial charge in [-0.15, -0.1) is 0 Å². The Labute approximate surface area is 176 Å².